The summed E-state index contributed by atoms with van der Waals surface area (Å²) in [6.07, 6.45) is 57.1. The van der Waals surface area contributed by atoms with Gasteiger partial charge in [-0.05, 0) is 31.6 Å². The van der Waals surface area contributed by atoms with E-state index < -0.39 is 97.5 Å². The van der Waals surface area contributed by atoms with Crippen LogP contribution in [0.4, 0.5) is 0 Å². The molecule has 5 atom stereocenters. The van der Waals surface area contributed by atoms with E-state index in [0.29, 0.717) is 25.7 Å². The van der Waals surface area contributed by atoms with E-state index in [1.165, 1.54) is 212 Å². The molecular weight excluding hydrogens is 1230 g/mol. The van der Waals surface area contributed by atoms with Gasteiger partial charge in [0.25, 0.3) is 0 Å². The topological polar surface area (TPSA) is 237 Å². The molecule has 94 heavy (non-hydrogen) atoms. The number of hydrogen-bond donors (Lipinski definition) is 3. The highest BCUT2D eigenvalue weighted by atomic mass is 31.2. The first-order valence-corrected chi connectivity index (χ1v) is 42.1. The van der Waals surface area contributed by atoms with Crippen LogP contribution in [0.2, 0.25) is 0 Å². The van der Waals surface area contributed by atoms with Crippen molar-refractivity contribution in [1.29, 1.82) is 0 Å². The number of hydrogen-bond acceptors (Lipinski definition) is 15. The first kappa shape index (κ1) is 92.1. The van der Waals surface area contributed by atoms with Crippen molar-refractivity contribution < 1.29 is 80.2 Å². The van der Waals surface area contributed by atoms with Gasteiger partial charge < -0.3 is 33.8 Å². The lowest BCUT2D eigenvalue weighted by atomic mass is 10.0. The van der Waals surface area contributed by atoms with Gasteiger partial charge in [0.15, 0.2) is 12.2 Å². The maximum absolute atomic E-state index is 13.1. The fourth-order valence-electron chi connectivity index (χ4n) is 11.5. The van der Waals surface area contributed by atoms with Crippen molar-refractivity contribution in [3.63, 3.8) is 0 Å². The zero-order chi connectivity index (χ0) is 69.1. The van der Waals surface area contributed by atoms with Gasteiger partial charge in [-0.25, -0.2) is 9.13 Å². The largest absolute Gasteiger partial charge is 0.472 e. The fourth-order valence-corrected chi connectivity index (χ4v) is 13.1. The third-order valence-corrected chi connectivity index (χ3v) is 19.4. The molecule has 0 saturated carbocycles. The lowest BCUT2D eigenvalue weighted by Crippen LogP contribution is -2.30. The molecule has 0 aliphatic heterocycles. The van der Waals surface area contributed by atoms with Crippen LogP contribution in [0.1, 0.15) is 394 Å². The third kappa shape index (κ3) is 68.6. The fraction of sp³-hybridized carbons (Fsp3) is 0.947. The van der Waals surface area contributed by atoms with Crippen molar-refractivity contribution in [3.8, 4) is 0 Å². The zero-order valence-electron chi connectivity index (χ0n) is 61.1. The van der Waals surface area contributed by atoms with Gasteiger partial charge >= 0.3 is 39.5 Å². The molecule has 0 fully saturated rings. The SMILES string of the molecule is CCCCCCCCCCCCCCCCCCCCCCCC(=O)O[C@H](COC(=O)CCCCCCCCCCCCCCCC(C)C)COP(=O)(O)OC[C@@H](O)COP(=O)(O)OC[C@@H](COC(=O)CCCCCCCCCC)OC(=O)CCCCCCCCCCC. The average molecular weight is 1380 g/mol. The molecule has 0 rings (SSSR count). The van der Waals surface area contributed by atoms with E-state index in [0.717, 1.165) is 102 Å². The minimum Gasteiger partial charge on any atom is -0.462 e. The number of aliphatic hydroxyl groups excluding tert-OH is 1. The molecule has 17 nitrogen and oxygen atoms in total. The second-order valence-electron chi connectivity index (χ2n) is 27.5. The zero-order valence-corrected chi connectivity index (χ0v) is 62.9. The molecule has 0 aliphatic carbocycles. The first-order chi connectivity index (χ1) is 45.5. The average Bonchev–Trinajstić information content (AvgIpc) is 3.48. The monoisotopic (exact) mass is 1380 g/mol. The third-order valence-electron chi connectivity index (χ3n) is 17.5. The lowest BCUT2D eigenvalue weighted by Gasteiger charge is -2.21. The normalized spacial score (nSPS) is 14.0. The molecule has 0 aromatic heterocycles. The van der Waals surface area contributed by atoms with Gasteiger partial charge in [-0.2, -0.15) is 0 Å². The van der Waals surface area contributed by atoms with Gasteiger partial charge in [-0.1, -0.05) is 343 Å². The number of aliphatic hydroxyl groups is 1. The van der Waals surface area contributed by atoms with Crippen molar-refractivity contribution in [2.24, 2.45) is 5.92 Å². The lowest BCUT2D eigenvalue weighted by molar-refractivity contribution is -0.161. The second kappa shape index (κ2) is 68.2. The van der Waals surface area contributed by atoms with E-state index in [2.05, 4.69) is 34.6 Å². The van der Waals surface area contributed by atoms with Gasteiger partial charge in [-0.15, -0.1) is 0 Å². The quantitative estimate of drug-likeness (QED) is 0.0222. The van der Waals surface area contributed by atoms with Crippen LogP contribution in [0.15, 0.2) is 0 Å². The number of phosphoric acid groups is 2. The van der Waals surface area contributed by atoms with Crippen molar-refractivity contribution in [2.75, 3.05) is 39.6 Å². The van der Waals surface area contributed by atoms with Crippen LogP contribution in [0.25, 0.3) is 0 Å². The smallest absolute Gasteiger partial charge is 0.462 e. The second-order valence-corrected chi connectivity index (χ2v) is 30.4. The van der Waals surface area contributed by atoms with E-state index in [1.54, 1.807) is 0 Å². The molecule has 0 aromatic rings. The molecule has 0 aliphatic rings. The van der Waals surface area contributed by atoms with E-state index in [1.807, 2.05) is 0 Å². The molecule has 2 unspecified atom stereocenters. The van der Waals surface area contributed by atoms with Crippen LogP contribution >= 0.6 is 15.6 Å². The Morgan fingerprint density at radius 3 is 0.723 bits per heavy atom. The standard InChI is InChI=1S/C75H146O17P2/c1-6-9-12-15-18-21-22-23-24-25-26-27-28-29-30-33-37-41-46-51-56-61-75(80)92-71(65-86-73(78)59-54-49-44-40-36-34-31-32-35-39-42-47-52-57-68(4)5)67-90-94(83,84)88-63-69(76)62-87-93(81,82)89-66-70(64-85-72(77)58-53-48-43-20-17-14-11-8-3)91-74(79)60-55-50-45-38-19-16-13-10-7-2/h68-71,76H,6-67H2,1-5H3,(H,81,82)(H,83,84)/t69-,70+,71+/m0/s1. The van der Waals surface area contributed by atoms with Crippen molar-refractivity contribution >= 4 is 39.5 Å². The summed E-state index contributed by atoms with van der Waals surface area (Å²) in [5.41, 5.74) is 0. The van der Waals surface area contributed by atoms with E-state index in [9.17, 15) is 43.2 Å². The van der Waals surface area contributed by atoms with Crippen molar-refractivity contribution in [2.45, 2.75) is 412 Å². The molecule has 0 amide bonds. The number of esters is 4. The summed E-state index contributed by atoms with van der Waals surface area (Å²) in [5, 5.41) is 10.6. The minimum absolute atomic E-state index is 0.106. The maximum Gasteiger partial charge on any atom is 0.472 e. The maximum atomic E-state index is 13.1. The van der Waals surface area contributed by atoms with Gasteiger partial charge in [0.1, 0.15) is 19.3 Å². The van der Waals surface area contributed by atoms with Gasteiger partial charge in [0, 0.05) is 25.7 Å². The number of carbonyl (C=O) groups excluding carboxylic acids is 4. The summed E-state index contributed by atoms with van der Waals surface area (Å²) in [6, 6.07) is 0. The van der Waals surface area contributed by atoms with E-state index in [4.69, 9.17) is 37.0 Å². The highest BCUT2D eigenvalue weighted by Crippen LogP contribution is 2.45. The van der Waals surface area contributed by atoms with Crippen LogP contribution in [-0.2, 0) is 65.4 Å². The molecule has 0 saturated heterocycles. The minimum atomic E-state index is -4.95. The van der Waals surface area contributed by atoms with Crippen LogP contribution in [0.5, 0.6) is 0 Å². The van der Waals surface area contributed by atoms with Gasteiger partial charge in [-0.3, -0.25) is 37.3 Å². The van der Waals surface area contributed by atoms with E-state index in [-0.39, 0.29) is 25.7 Å². The van der Waals surface area contributed by atoms with Crippen molar-refractivity contribution in [1.82, 2.24) is 0 Å². The number of ether oxygens (including phenoxy) is 4. The van der Waals surface area contributed by atoms with Crippen LogP contribution < -0.4 is 0 Å². The molecule has 0 heterocycles. The Morgan fingerprint density at radius 2 is 0.489 bits per heavy atom. The highest BCUT2D eigenvalue weighted by molar-refractivity contribution is 7.47. The van der Waals surface area contributed by atoms with Crippen molar-refractivity contribution in [3.05, 3.63) is 0 Å². The number of rotatable bonds is 75. The Labute approximate surface area is 575 Å². The van der Waals surface area contributed by atoms with E-state index >= 15 is 0 Å². The molecule has 0 radical (unpaired) electrons. The summed E-state index contributed by atoms with van der Waals surface area (Å²) in [4.78, 5) is 72.6. The molecule has 0 spiro atoms. The molecule has 19 heteroatoms. The summed E-state index contributed by atoms with van der Waals surface area (Å²) < 4.78 is 68.3. The summed E-state index contributed by atoms with van der Waals surface area (Å²) in [7, 11) is -9.90. The van der Waals surface area contributed by atoms with Crippen LogP contribution in [-0.4, -0.2) is 96.7 Å². The number of phosphoric ester groups is 2. The molecular formula is C75H146O17P2. The molecule has 0 aromatic carbocycles. The Morgan fingerprint density at radius 1 is 0.287 bits per heavy atom. The Hall–Kier alpha value is -1.94. The Bertz CT molecular complexity index is 1810. The number of carbonyl (C=O) groups is 4. The van der Waals surface area contributed by atoms with Gasteiger partial charge in [0.05, 0.1) is 26.4 Å². The Kier molecular flexibility index (Phi) is 66.8. The predicted molar refractivity (Wildman–Crippen MR) is 382 cm³/mol. The predicted octanol–water partition coefficient (Wildman–Crippen LogP) is 22.1. The Balaban J connectivity index is 5.15. The summed E-state index contributed by atoms with van der Waals surface area (Å²) in [6.45, 7) is 7.25. The van der Waals surface area contributed by atoms with Crippen LogP contribution in [0, 0.1) is 5.92 Å². The van der Waals surface area contributed by atoms with Gasteiger partial charge in [0.2, 0.25) is 0 Å². The highest BCUT2D eigenvalue weighted by Gasteiger charge is 2.30. The summed E-state index contributed by atoms with van der Waals surface area (Å²) in [5.74, 6) is -1.33. The molecule has 0 bridgehead atoms. The number of unbranched alkanes of at least 4 members (excludes halogenated alkanes) is 47. The summed E-state index contributed by atoms with van der Waals surface area (Å²) >= 11 is 0. The van der Waals surface area contributed by atoms with Crippen LogP contribution in [0.3, 0.4) is 0 Å². The molecule has 558 valence electrons. The first-order valence-electron chi connectivity index (χ1n) is 39.1. The molecule has 3 N–H and O–H groups in total.